The van der Waals surface area contributed by atoms with Gasteiger partial charge in [-0.2, -0.15) is 0 Å². The number of rotatable bonds is 5. The number of benzene rings is 2. The Morgan fingerprint density at radius 3 is 2.46 bits per heavy atom. The molecule has 0 amide bonds. The van der Waals surface area contributed by atoms with Crippen LogP contribution in [0.15, 0.2) is 51.7 Å². The average Bonchev–Trinajstić information content (AvgIpc) is 2.63. The first-order chi connectivity index (χ1) is 12.4. The number of hydrogen-bond acceptors (Lipinski definition) is 6. The van der Waals surface area contributed by atoms with E-state index in [4.69, 9.17) is 13.9 Å². The van der Waals surface area contributed by atoms with Crippen LogP contribution in [0, 0.1) is 6.92 Å². The summed E-state index contributed by atoms with van der Waals surface area (Å²) in [6.45, 7) is 3.09. The summed E-state index contributed by atoms with van der Waals surface area (Å²) >= 11 is 0. The van der Waals surface area contributed by atoms with Crippen molar-refractivity contribution in [3.05, 3.63) is 58.4 Å². The predicted octanol–water partition coefficient (Wildman–Crippen LogP) is 2.29. The van der Waals surface area contributed by atoms with Crippen molar-refractivity contribution in [1.29, 1.82) is 0 Å². The lowest BCUT2D eigenvalue weighted by Crippen LogP contribution is -2.37. The summed E-state index contributed by atoms with van der Waals surface area (Å²) < 4.78 is 15.9. The SMILES string of the molecule is COc1ccc(-c2cc(=O)oc3c(C)c(O[C@@H](C)C(=O)[O-])ccc23)cc1. The molecule has 0 aliphatic carbocycles. The molecule has 0 spiro atoms. The average molecular weight is 353 g/mol. The molecule has 0 aliphatic rings. The molecule has 134 valence electrons. The van der Waals surface area contributed by atoms with Crippen molar-refractivity contribution in [3.63, 3.8) is 0 Å². The van der Waals surface area contributed by atoms with Crippen LogP contribution < -0.4 is 20.2 Å². The molecule has 0 N–H and O–H groups in total. The van der Waals surface area contributed by atoms with Gasteiger partial charge in [0, 0.05) is 17.0 Å². The molecule has 3 aromatic rings. The zero-order chi connectivity index (χ0) is 18.8. The second kappa shape index (κ2) is 6.92. The number of hydrogen-bond donors (Lipinski definition) is 0. The van der Waals surface area contributed by atoms with E-state index in [1.165, 1.54) is 13.0 Å². The van der Waals surface area contributed by atoms with Gasteiger partial charge in [-0.25, -0.2) is 4.79 Å². The van der Waals surface area contributed by atoms with Crippen LogP contribution in [0.25, 0.3) is 22.1 Å². The van der Waals surface area contributed by atoms with Crippen LogP contribution in [0.2, 0.25) is 0 Å². The third-order valence-corrected chi connectivity index (χ3v) is 4.15. The number of carboxylic acids is 1. The van der Waals surface area contributed by atoms with Gasteiger partial charge in [0.2, 0.25) is 0 Å². The van der Waals surface area contributed by atoms with Gasteiger partial charge in [0.1, 0.15) is 23.2 Å². The number of aliphatic carboxylic acids is 1. The minimum Gasteiger partial charge on any atom is -0.546 e. The zero-order valence-corrected chi connectivity index (χ0v) is 14.6. The number of carbonyl (C=O) groups is 1. The Morgan fingerprint density at radius 1 is 1.15 bits per heavy atom. The van der Waals surface area contributed by atoms with E-state index in [9.17, 15) is 14.7 Å². The maximum absolute atomic E-state index is 12.1. The monoisotopic (exact) mass is 353 g/mol. The summed E-state index contributed by atoms with van der Waals surface area (Å²) in [5, 5.41) is 11.6. The van der Waals surface area contributed by atoms with Gasteiger partial charge in [0.05, 0.1) is 13.1 Å². The number of carboxylic acid groups (broad SMARTS) is 1. The molecular formula is C20H17O6-. The molecule has 6 nitrogen and oxygen atoms in total. The summed E-state index contributed by atoms with van der Waals surface area (Å²) in [6, 6.07) is 12.1. The highest BCUT2D eigenvalue weighted by molar-refractivity contribution is 5.95. The standard InChI is InChI=1S/C20H18O6/c1-11-17(25-12(2)20(22)23)9-8-15-16(10-18(21)26-19(11)15)13-4-6-14(24-3)7-5-13/h4-10,12H,1-3H3,(H,22,23)/p-1/t12-/m0/s1. The fraction of sp³-hybridized carbons (Fsp3) is 0.200. The Morgan fingerprint density at radius 2 is 1.85 bits per heavy atom. The maximum Gasteiger partial charge on any atom is 0.336 e. The van der Waals surface area contributed by atoms with E-state index < -0.39 is 17.7 Å². The first-order valence-corrected chi connectivity index (χ1v) is 8.00. The van der Waals surface area contributed by atoms with Gasteiger partial charge in [-0.3, -0.25) is 0 Å². The number of ether oxygens (including phenoxy) is 2. The molecule has 0 saturated carbocycles. The zero-order valence-electron chi connectivity index (χ0n) is 14.6. The quantitative estimate of drug-likeness (QED) is 0.654. The maximum atomic E-state index is 12.1. The van der Waals surface area contributed by atoms with Crippen molar-refractivity contribution in [2.45, 2.75) is 20.0 Å². The van der Waals surface area contributed by atoms with Crippen molar-refractivity contribution in [3.8, 4) is 22.6 Å². The molecule has 26 heavy (non-hydrogen) atoms. The summed E-state index contributed by atoms with van der Waals surface area (Å²) in [7, 11) is 1.58. The third-order valence-electron chi connectivity index (χ3n) is 4.15. The summed E-state index contributed by atoms with van der Waals surface area (Å²) in [5.74, 6) is -0.286. The number of fused-ring (bicyclic) bond motifs is 1. The molecule has 6 heteroatoms. The van der Waals surface area contributed by atoms with E-state index in [1.807, 2.05) is 24.3 Å². The highest BCUT2D eigenvalue weighted by Gasteiger charge is 2.15. The Balaban J connectivity index is 2.15. The topological polar surface area (TPSA) is 88.8 Å². The Labute approximate surface area is 149 Å². The molecule has 0 unspecified atom stereocenters. The van der Waals surface area contributed by atoms with Gasteiger partial charge in [0.15, 0.2) is 0 Å². The highest BCUT2D eigenvalue weighted by atomic mass is 16.5. The van der Waals surface area contributed by atoms with E-state index in [0.29, 0.717) is 28.2 Å². The lowest BCUT2D eigenvalue weighted by molar-refractivity contribution is -0.312. The molecule has 3 rings (SSSR count). The van der Waals surface area contributed by atoms with Gasteiger partial charge in [-0.1, -0.05) is 12.1 Å². The molecular weight excluding hydrogens is 336 g/mol. The van der Waals surface area contributed by atoms with E-state index in [-0.39, 0.29) is 0 Å². The van der Waals surface area contributed by atoms with Crippen molar-refractivity contribution in [2.75, 3.05) is 7.11 Å². The fourth-order valence-corrected chi connectivity index (χ4v) is 2.72. The van der Waals surface area contributed by atoms with Crippen LogP contribution in [0.5, 0.6) is 11.5 Å². The minimum absolute atomic E-state index is 0.323. The number of carbonyl (C=O) groups excluding carboxylic acids is 1. The van der Waals surface area contributed by atoms with Gasteiger partial charge >= 0.3 is 5.63 Å². The molecule has 1 aromatic heterocycles. The summed E-state index contributed by atoms with van der Waals surface area (Å²) in [4.78, 5) is 23.0. The van der Waals surface area contributed by atoms with Crippen LogP contribution in [0.3, 0.4) is 0 Å². The minimum atomic E-state index is -1.32. The molecule has 0 fully saturated rings. The first kappa shape index (κ1) is 17.5. The normalized spacial score (nSPS) is 12.0. The molecule has 2 aromatic carbocycles. The van der Waals surface area contributed by atoms with E-state index in [1.54, 1.807) is 26.2 Å². The molecule has 0 saturated heterocycles. The van der Waals surface area contributed by atoms with Crippen LogP contribution in [-0.2, 0) is 4.79 Å². The third kappa shape index (κ3) is 3.26. The molecule has 0 aliphatic heterocycles. The van der Waals surface area contributed by atoms with Gasteiger partial charge in [-0.05, 0) is 49.2 Å². The predicted molar refractivity (Wildman–Crippen MR) is 94.3 cm³/mol. The lowest BCUT2D eigenvalue weighted by Gasteiger charge is -2.18. The Hall–Kier alpha value is -3.28. The number of methoxy groups -OCH3 is 1. The molecule has 1 atom stereocenters. The van der Waals surface area contributed by atoms with E-state index in [0.717, 1.165) is 10.9 Å². The summed E-state index contributed by atoms with van der Waals surface area (Å²) in [5.41, 5.74) is 1.94. The molecule has 1 heterocycles. The van der Waals surface area contributed by atoms with Gasteiger partial charge in [0.25, 0.3) is 0 Å². The molecule has 0 radical (unpaired) electrons. The van der Waals surface area contributed by atoms with Crippen LogP contribution >= 0.6 is 0 Å². The number of aryl methyl sites for hydroxylation is 1. The van der Waals surface area contributed by atoms with E-state index in [2.05, 4.69) is 0 Å². The second-order valence-corrected chi connectivity index (χ2v) is 5.85. The first-order valence-electron chi connectivity index (χ1n) is 8.00. The highest BCUT2D eigenvalue weighted by Crippen LogP contribution is 2.34. The second-order valence-electron chi connectivity index (χ2n) is 5.85. The van der Waals surface area contributed by atoms with Crippen LogP contribution in [0.1, 0.15) is 12.5 Å². The van der Waals surface area contributed by atoms with Crippen molar-refractivity contribution in [1.82, 2.24) is 0 Å². The Kier molecular flexibility index (Phi) is 4.67. The largest absolute Gasteiger partial charge is 0.546 e. The van der Waals surface area contributed by atoms with Gasteiger partial charge < -0.3 is 23.8 Å². The summed E-state index contributed by atoms with van der Waals surface area (Å²) in [6.07, 6.45) is -1.12. The van der Waals surface area contributed by atoms with Crippen molar-refractivity contribution >= 4 is 16.9 Å². The molecule has 0 bridgehead atoms. The Bertz CT molecular complexity index is 1020. The fourth-order valence-electron chi connectivity index (χ4n) is 2.72. The lowest BCUT2D eigenvalue weighted by atomic mass is 10.00. The van der Waals surface area contributed by atoms with Crippen molar-refractivity contribution in [2.24, 2.45) is 0 Å². The smallest absolute Gasteiger partial charge is 0.336 e. The van der Waals surface area contributed by atoms with E-state index >= 15 is 0 Å². The van der Waals surface area contributed by atoms with Gasteiger partial charge in [-0.15, -0.1) is 0 Å². The van der Waals surface area contributed by atoms with Crippen LogP contribution in [0.4, 0.5) is 0 Å². The van der Waals surface area contributed by atoms with Crippen molar-refractivity contribution < 1.29 is 23.8 Å². The van der Waals surface area contributed by atoms with Crippen LogP contribution in [-0.4, -0.2) is 19.2 Å².